The fourth-order valence-corrected chi connectivity index (χ4v) is 3.58. The molecule has 3 heterocycles. The molecule has 0 spiro atoms. The molecule has 2 bridgehead atoms. The van der Waals surface area contributed by atoms with Gasteiger partial charge in [-0.3, -0.25) is 25.3 Å². The minimum atomic E-state index is -1.18. The molecule has 3 rings (SSSR count). The van der Waals surface area contributed by atoms with Gasteiger partial charge in [0.25, 0.3) is 5.91 Å². The Morgan fingerprint density at radius 3 is 2.65 bits per heavy atom. The van der Waals surface area contributed by atoms with Crippen LogP contribution in [0.5, 0.6) is 0 Å². The number of fused-ring (bicyclic) bond motifs is 2. The van der Waals surface area contributed by atoms with Gasteiger partial charge in [-0.05, 0) is 32.2 Å². The lowest BCUT2D eigenvalue weighted by molar-refractivity contribution is -0.167. The highest BCUT2D eigenvalue weighted by molar-refractivity contribution is 5.90. The van der Waals surface area contributed by atoms with Crippen LogP contribution < -0.4 is 16.2 Å². The van der Waals surface area contributed by atoms with Crippen LogP contribution in [-0.4, -0.2) is 77.2 Å². The quantitative estimate of drug-likeness (QED) is 0.429. The Balaban J connectivity index is 1.51. The molecule has 3 saturated heterocycles. The van der Waals surface area contributed by atoms with Gasteiger partial charge in [0.15, 0.2) is 6.61 Å². The molecule has 11 nitrogen and oxygen atoms in total. The molecule has 0 aromatic rings. The highest BCUT2D eigenvalue weighted by Gasteiger charge is 2.48. The molecule has 0 aliphatic carbocycles. The molecular formula is C15H23N5O6. The van der Waals surface area contributed by atoms with Crippen molar-refractivity contribution in [3.8, 4) is 0 Å². The van der Waals surface area contributed by atoms with Gasteiger partial charge >= 0.3 is 12.0 Å². The Labute approximate surface area is 149 Å². The van der Waals surface area contributed by atoms with Crippen LogP contribution in [0.15, 0.2) is 0 Å². The van der Waals surface area contributed by atoms with Gasteiger partial charge in [0, 0.05) is 13.1 Å². The van der Waals surface area contributed by atoms with E-state index < -0.39 is 30.6 Å². The van der Waals surface area contributed by atoms with Crippen molar-refractivity contribution in [2.75, 3.05) is 26.2 Å². The highest BCUT2D eigenvalue weighted by Crippen LogP contribution is 2.30. The molecule has 0 aromatic heterocycles. The van der Waals surface area contributed by atoms with E-state index in [0.29, 0.717) is 19.4 Å². The van der Waals surface area contributed by atoms with E-state index in [2.05, 4.69) is 16.2 Å². The van der Waals surface area contributed by atoms with Crippen molar-refractivity contribution in [3.63, 3.8) is 0 Å². The van der Waals surface area contributed by atoms with Crippen molar-refractivity contribution in [2.24, 2.45) is 5.92 Å². The number of rotatable bonds is 5. The first-order valence-corrected chi connectivity index (χ1v) is 8.72. The third kappa shape index (κ3) is 3.88. The summed E-state index contributed by atoms with van der Waals surface area (Å²) in [5.41, 5.74) is 4.84. The van der Waals surface area contributed by atoms with Crippen LogP contribution >= 0.6 is 0 Å². The van der Waals surface area contributed by atoms with Crippen molar-refractivity contribution in [2.45, 2.75) is 37.8 Å². The summed E-state index contributed by atoms with van der Waals surface area (Å²) in [5, 5.41) is 12.9. The predicted octanol–water partition coefficient (Wildman–Crippen LogP) is -1.58. The Morgan fingerprint density at radius 1 is 1.19 bits per heavy atom. The second-order valence-corrected chi connectivity index (χ2v) is 6.70. The lowest BCUT2D eigenvalue weighted by atomic mass is 9.99. The van der Waals surface area contributed by atoms with Gasteiger partial charge in [0.1, 0.15) is 6.04 Å². The zero-order valence-electron chi connectivity index (χ0n) is 14.3. The number of carboxylic acids is 1. The van der Waals surface area contributed by atoms with E-state index in [-0.39, 0.29) is 24.4 Å². The Kier molecular flexibility index (Phi) is 5.57. The largest absolute Gasteiger partial charge is 0.479 e. The zero-order chi connectivity index (χ0) is 18.7. The number of hydrogen-bond donors (Lipinski definition) is 4. The van der Waals surface area contributed by atoms with E-state index in [4.69, 9.17) is 9.94 Å². The first kappa shape index (κ1) is 18.4. The SMILES string of the molecule is O=C(O)CON1C(=O)N2CC1CCC2C(=O)NNC(=O)C1CCCNC1. The molecule has 3 aliphatic heterocycles. The maximum absolute atomic E-state index is 12.4. The van der Waals surface area contributed by atoms with E-state index in [1.807, 2.05) is 0 Å². The Morgan fingerprint density at radius 2 is 1.96 bits per heavy atom. The first-order chi connectivity index (χ1) is 12.5. The molecule has 4 N–H and O–H groups in total. The van der Waals surface area contributed by atoms with Crippen molar-refractivity contribution in [1.82, 2.24) is 26.1 Å². The van der Waals surface area contributed by atoms with Gasteiger partial charge in [-0.2, -0.15) is 5.06 Å². The minimum Gasteiger partial charge on any atom is -0.479 e. The van der Waals surface area contributed by atoms with E-state index in [9.17, 15) is 19.2 Å². The van der Waals surface area contributed by atoms with Crippen LogP contribution in [0.3, 0.4) is 0 Å². The van der Waals surface area contributed by atoms with Crippen molar-refractivity contribution in [1.29, 1.82) is 0 Å². The summed E-state index contributed by atoms with van der Waals surface area (Å²) in [7, 11) is 0. The number of piperidine rings is 2. The molecule has 3 fully saturated rings. The van der Waals surface area contributed by atoms with Crippen molar-refractivity contribution in [3.05, 3.63) is 0 Å². The fourth-order valence-electron chi connectivity index (χ4n) is 3.58. The smallest absolute Gasteiger partial charge is 0.345 e. The van der Waals surface area contributed by atoms with Gasteiger partial charge in [0.05, 0.1) is 12.0 Å². The summed E-state index contributed by atoms with van der Waals surface area (Å²) in [4.78, 5) is 53.8. The molecular weight excluding hydrogens is 346 g/mol. The van der Waals surface area contributed by atoms with Gasteiger partial charge in [-0.25, -0.2) is 9.59 Å². The molecule has 11 heteroatoms. The molecule has 3 unspecified atom stereocenters. The molecule has 144 valence electrons. The number of aliphatic carboxylic acids is 1. The Hall–Kier alpha value is -2.40. The summed E-state index contributed by atoms with van der Waals surface area (Å²) < 4.78 is 0. The van der Waals surface area contributed by atoms with Gasteiger partial charge < -0.3 is 15.3 Å². The number of nitrogens with zero attached hydrogens (tertiary/aromatic N) is 2. The van der Waals surface area contributed by atoms with Crippen LogP contribution in [0.4, 0.5) is 4.79 Å². The summed E-state index contributed by atoms with van der Waals surface area (Å²) >= 11 is 0. The number of carboxylic acid groups (broad SMARTS) is 1. The average Bonchev–Trinajstić information content (AvgIpc) is 2.88. The van der Waals surface area contributed by atoms with Crippen LogP contribution in [0.1, 0.15) is 25.7 Å². The molecule has 3 aliphatic rings. The lowest BCUT2D eigenvalue weighted by Gasteiger charge is -2.29. The third-order valence-electron chi connectivity index (χ3n) is 4.93. The fraction of sp³-hybridized carbons (Fsp3) is 0.733. The number of amides is 4. The molecule has 0 saturated carbocycles. The minimum absolute atomic E-state index is 0.187. The summed E-state index contributed by atoms with van der Waals surface area (Å²) in [6, 6.07) is -1.52. The van der Waals surface area contributed by atoms with Crippen molar-refractivity contribution >= 4 is 23.8 Å². The van der Waals surface area contributed by atoms with E-state index in [1.54, 1.807) is 0 Å². The zero-order valence-corrected chi connectivity index (χ0v) is 14.3. The number of hydrazine groups is 1. The maximum Gasteiger partial charge on any atom is 0.345 e. The van der Waals surface area contributed by atoms with Gasteiger partial charge in [0.2, 0.25) is 5.91 Å². The van der Waals surface area contributed by atoms with E-state index in [1.165, 1.54) is 4.90 Å². The molecule has 0 radical (unpaired) electrons. The second kappa shape index (κ2) is 7.87. The number of carbonyl (C=O) groups is 4. The monoisotopic (exact) mass is 369 g/mol. The number of nitrogens with one attached hydrogen (secondary N) is 3. The van der Waals surface area contributed by atoms with E-state index in [0.717, 1.165) is 24.4 Å². The second-order valence-electron chi connectivity index (χ2n) is 6.70. The van der Waals surface area contributed by atoms with Crippen molar-refractivity contribution < 1.29 is 29.1 Å². The number of urea groups is 1. The Bertz CT molecular complexity index is 593. The molecule has 26 heavy (non-hydrogen) atoms. The third-order valence-corrected chi connectivity index (χ3v) is 4.93. The van der Waals surface area contributed by atoms with E-state index >= 15 is 0 Å². The number of hydroxylamine groups is 2. The lowest BCUT2D eigenvalue weighted by Crippen LogP contribution is -2.55. The van der Waals surface area contributed by atoms with Gasteiger partial charge in [-0.1, -0.05) is 0 Å². The first-order valence-electron chi connectivity index (χ1n) is 8.72. The predicted molar refractivity (Wildman–Crippen MR) is 86.2 cm³/mol. The number of carbonyl (C=O) groups excluding carboxylic acids is 3. The maximum atomic E-state index is 12.4. The van der Waals surface area contributed by atoms with Crippen LogP contribution in [-0.2, 0) is 19.2 Å². The topological polar surface area (TPSA) is 140 Å². The summed E-state index contributed by atoms with van der Waals surface area (Å²) in [6.07, 6.45) is 2.60. The normalized spacial score (nSPS) is 28.0. The van der Waals surface area contributed by atoms with Crippen LogP contribution in [0, 0.1) is 5.92 Å². The standard InChI is InChI=1S/C15H23N5O6/c21-12(22)8-26-20-10-3-4-11(19(7-10)15(20)25)14(24)18-17-13(23)9-2-1-5-16-6-9/h9-11,16H,1-8H2,(H,17,23)(H,18,24)(H,21,22). The van der Waals surface area contributed by atoms with Crippen LogP contribution in [0.25, 0.3) is 0 Å². The number of hydrogen-bond acceptors (Lipinski definition) is 6. The van der Waals surface area contributed by atoms with Gasteiger partial charge in [-0.15, -0.1) is 0 Å². The molecule has 4 amide bonds. The molecule has 0 aromatic carbocycles. The average molecular weight is 369 g/mol. The van der Waals surface area contributed by atoms with Crippen LogP contribution in [0.2, 0.25) is 0 Å². The molecule has 3 atom stereocenters. The summed E-state index contributed by atoms with van der Waals surface area (Å²) in [5.74, 6) is -2.08. The highest BCUT2D eigenvalue weighted by atomic mass is 16.7. The summed E-state index contributed by atoms with van der Waals surface area (Å²) in [6.45, 7) is 1.14.